The van der Waals surface area contributed by atoms with Crippen molar-refractivity contribution in [1.82, 2.24) is 0 Å². The van der Waals surface area contributed by atoms with E-state index in [1.54, 1.807) is 0 Å². The molecule has 0 aromatic rings. The summed E-state index contributed by atoms with van der Waals surface area (Å²) >= 11 is 0. The third-order valence-corrected chi connectivity index (χ3v) is 6.46. The van der Waals surface area contributed by atoms with Crippen molar-refractivity contribution in [2.75, 3.05) is 0 Å². The Morgan fingerprint density at radius 2 is 2.00 bits per heavy atom. The minimum absolute atomic E-state index is 0.0656. The molecule has 3 rings (SSSR count). The number of carbonyl (C=O) groups excluding carboxylic acids is 1. The quantitative estimate of drug-likeness (QED) is 0.796. The van der Waals surface area contributed by atoms with E-state index in [-0.39, 0.29) is 17.1 Å². The number of carboxylic acid groups (broad SMARTS) is 1. The van der Waals surface area contributed by atoms with Gasteiger partial charge in [-0.3, -0.25) is 9.59 Å². The average Bonchev–Trinajstić information content (AvgIpc) is 2.37. The highest BCUT2D eigenvalue weighted by Crippen LogP contribution is 2.62. The number of hydrogen-bond donors (Lipinski definition) is 1. The van der Waals surface area contributed by atoms with Crippen LogP contribution in [0.5, 0.6) is 0 Å². The zero-order valence-electron chi connectivity index (χ0n) is 12.4. The first kappa shape index (κ1) is 13.8. The fraction of sp³-hybridized carbons (Fsp3) is 0.765. The van der Waals surface area contributed by atoms with Crippen molar-refractivity contribution in [3.8, 4) is 0 Å². The third-order valence-electron chi connectivity index (χ3n) is 6.46. The minimum atomic E-state index is -0.632. The van der Waals surface area contributed by atoms with E-state index in [2.05, 4.69) is 6.92 Å². The van der Waals surface area contributed by atoms with Gasteiger partial charge in [0.25, 0.3) is 0 Å². The average molecular weight is 276 g/mol. The predicted octanol–water partition coefficient (Wildman–Crippen LogP) is 3.58. The van der Waals surface area contributed by atoms with E-state index < -0.39 is 11.4 Å². The molecule has 1 N–H and O–H groups in total. The number of rotatable bonds is 1. The van der Waals surface area contributed by atoms with Gasteiger partial charge in [-0.1, -0.05) is 18.9 Å². The second-order valence-electron chi connectivity index (χ2n) is 7.45. The Balaban J connectivity index is 2.01. The molecule has 0 heterocycles. The molecule has 0 aliphatic heterocycles. The summed E-state index contributed by atoms with van der Waals surface area (Å²) < 4.78 is 0. The molecule has 0 amide bonds. The number of allylic oxidation sites excluding steroid dienone is 2. The fourth-order valence-corrected chi connectivity index (χ4v) is 5.40. The number of aliphatic carboxylic acids is 1. The van der Waals surface area contributed by atoms with Crippen LogP contribution in [0.2, 0.25) is 0 Å². The molecular weight excluding hydrogens is 252 g/mol. The zero-order chi connectivity index (χ0) is 14.5. The topological polar surface area (TPSA) is 54.4 Å². The number of hydrogen-bond acceptors (Lipinski definition) is 2. The normalized spacial score (nSPS) is 44.3. The largest absolute Gasteiger partial charge is 0.481 e. The molecule has 3 heteroatoms. The second-order valence-corrected chi connectivity index (χ2v) is 7.45. The number of carbonyl (C=O) groups is 2. The van der Waals surface area contributed by atoms with E-state index in [0.29, 0.717) is 12.3 Å². The summed E-state index contributed by atoms with van der Waals surface area (Å²) in [5.41, 5.74) is 0.783. The maximum atomic E-state index is 11.8. The minimum Gasteiger partial charge on any atom is -0.481 e. The van der Waals surface area contributed by atoms with Gasteiger partial charge in [-0.2, -0.15) is 0 Å². The maximum absolute atomic E-state index is 11.8. The summed E-state index contributed by atoms with van der Waals surface area (Å²) in [6.45, 7) is 4.23. The van der Waals surface area contributed by atoms with E-state index in [9.17, 15) is 14.7 Å². The molecule has 0 aromatic carbocycles. The zero-order valence-corrected chi connectivity index (χ0v) is 12.4. The second kappa shape index (κ2) is 4.44. The first-order valence-electron chi connectivity index (χ1n) is 7.84. The maximum Gasteiger partial charge on any atom is 0.309 e. The van der Waals surface area contributed by atoms with Gasteiger partial charge < -0.3 is 5.11 Å². The van der Waals surface area contributed by atoms with Gasteiger partial charge in [0.05, 0.1) is 5.41 Å². The molecule has 0 spiro atoms. The predicted molar refractivity (Wildman–Crippen MR) is 76.2 cm³/mol. The number of fused-ring (bicyclic) bond motifs is 3. The lowest BCUT2D eigenvalue weighted by molar-refractivity contribution is -0.164. The Hall–Kier alpha value is -1.12. The Bertz CT molecular complexity index is 492. The summed E-state index contributed by atoms with van der Waals surface area (Å²) in [5.74, 6) is 0.303. The highest BCUT2D eigenvalue weighted by Gasteiger charge is 2.57. The molecule has 4 atom stereocenters. The Morgan fingerprint density at radius 1 is 1.25 bits per heavy atom. The molecule has 0 bridgehead atoms. The molecule has 3 nitrogen and oxygen atoms in total. The van der Waals surface area contributed by atoms with Crippen LogP contribution in [0.15, 0.2) is 11.6 Å². The van der Waals surface area contributed by atoms with Crippen molar-refractivity contribution in [1.29, 1.82) is 0 Å². The van der Waals surface area contributed by atoms with Crippen LogP contribution < -0.4 is 0 Å². The first-order valence-corrected chi connectivity index (χ1v) is 7.84. The van der Waals surface area contributed by atoms with Gasteiger partial charge in [-0.25, -0.2) is 0 Å². The molecule has 0 radical (unpaired) electrons. The molecular formula is C17H24O3. The van der Waals surface area contributed by atoms with E-state index >= 15 is 0 Å². The van der Waals surface area contributed by atoms with Gasteiger partial charge in [0.2, 0.25) is 0 Å². The number of carboxylic acids is 1. The highest BCUT2D eigenvalue weighted by molar-refractivity contribution is 5.91. The highest BCUT2D eigenvalue weighted by atomic mass is 16.4. The van der Waals surface area contributed by atoms with Crippen molar-refractivity contribution in [2.45, 2.75) is 58.8 Å². The van der Waals surface area contributed by atoms with E-state index in [1.807, 2.05) is 13.0 Å². The molecule has 0 unspecified atom stereocenters. The number of ketones is 1. The van der Waals surface area contributed by atoms with Gasteiger partial charge in [0.15, 0.2) is 5.78 Å². The molecule has 110 valence electrons. The Labute approximate surface area is 120 Å². The summed E-state index contributed by atoms with van der Waals surface area (Å²) in [5, 5.41) is 9.72. The van der Waals surface area contributed by atoms with E-state index in [0.717, 1.165) is 38.5 Å². The molecule has 3 aliphatic carbocycles. The monoisotopic (exact) mass is 276 g/mol. The van der Waals surface area contributed by atoms with E-state index in [1.165, 1.54) is 5.57 Å². The molecule has 3 aliphatic rings. The molecule has 0 aromatic heterocycles. The van der Waals surface area contributed by atoms with Gasteiger partial charge >= 0.3 is 5.97 Å². The van der Waals surface area contributed by atoms with Crippen LogP contribution in [0.3, 0.4) is 0 Å². The summed E-state index contributed by atoms with van der Waals surface area (Å²) in [4.78, 5) is 23.5. The van der Waals surface area contributed by atoms with Gasteiger partial charge in [-0.05, 0) is 62.4 Å². The smallest absolute Gasteiger partial charge is 0.309 e. The summed E-state index contributed by atoms with van der Waals surface area (Å²) in [6.07, 6.45) is 8.17. The van der Waals surface area contributed by atoms with Crippen LogP contribution in [0.25, 0.3) is 0 Å². The van der Waals surface area contributed by atoms with Crippen molar-refractivity contribution in [3.05, 3.63) is 11.6 Å². The van der Waals surface area contributed by atoms with Crippen LogP contribution in [0.1, 0.15) is 58.8 Å². The lowest BCUT2D eigenvalue weighted by Gasteiger charge is -2.58. The van der Waals surface area contributed by atoms with Crippen LogP contribution in [0, 0.1) is 22.7 Å². The van der Waals surface area contributed by atoms with Gasteiger partial charge in [0.1, 0.15) is 0 Å². The Morgan fingerprint density at radius 3 is 2.70 bits per heavy atom. The fourth-order valence-electron chi connectivity index (χ4n) is 5.40. The van der Waals surface area contributed by atoms with Crippen LogP contribution in [0.4, 0.5) is 0 Å². The van der Waals surface area contributed by atoms with Crippen LogP contribution in [-0.2, 0) is 9.59 Å². The van der Waals surface area contributed by atoms with Crippen molar-refractivity contribution < 1.29 is 14.7 Å². The van der Waals surface area contributed by atoms with Crippen molar-refractivity contribution >= 4 is 11.8 Å². The Kier molecular flexibility index (Phi) is 3.07. The van der Waals surface area contributed by atoms with Crippen LogP contribution in [-0.4, -0.2) is 16.9 Å². The molecule has 2 fully saturated rings. The lowest BCUT2D eigenvalue weighted by atomic mass is 9.46. The lowest BCUT2D eigenvalue weighted by Crippen LogP contribution is -2.53. The van der Waals surface area contributed by atoms with Crippen molar-refractivity contribution in [3.63, 3.8) is 0 Å². The third kappa shape index (κ3) is 1.78. The first-order chi connectivity index (χ1) is 9.38. The summed E-state index contributed by atoms with van der Waals surface area (Å²) in [6, 6.07) is 0. The van der Waals surface area contributed by atoms with Gasteiger partial charge in [0, 0.05) is 6.42 Å². The molecule has 0 saturated heterocycles. The standard InChI is InChI=1S/C17H24O3/c1-16-8-3-9-17(2,15(19)20)14(16)7-4-11-10-12(18)5-6-13(11)16/h10,13-14H,3-9H2,1-2H3,(H,19,20)/t13-,14-,16-,17-/m1/s1. The van der Waals surface area contributed by atoms with E-state index in [4.69, 9.17) is 0 Å². The SMILES string of the molecule is C[C@]12CCC[C@@](C)(C(=O)O)[C@@H]1CCC1=CC(=O)CC[C@H]12. The van der Waals surface area contributed by atoms with Gasteiger partial charge in [-0.15, -0.1) is 0 Å². The van der Waals surface area contributed by atoms with Crippen LogP contribution >= 0.6 is 0 Å². The summed E-state index contributed by atoms with van der Waals surface area (Å²) in [7, 11) is 0. The molecule has 2 saturated carbocycles. The van der Waals surface area contributed by atoms with Crippen molar-refractivity contribution in [2.24, 2.45) is 22.7 Å². The molecule has 20 heavy (non-hydrogen) atoms.